The van der Waals surface area contributed by atoms with Gasteiger partial charge in [-0.05, 0) is 17.7 Å². The molecule has 17 heavy (non-hydrogen) atoms. The first-order chi connectivity index (χ1) is 8.29. The number of rotatable bonds is 3. The molecule has 1 heterocycles. The first-order valence-corrected chi connectivity index (χ1v) is 4.98. The van der Waals surface area contributed by atoms with Gasteiger partial charge in [-0.3, -0.25) is 0 Å². The van der Waals surface area contributed by atoms with E-state index in [4.69, 9.17) is 5.26 Å². The predicted octanol–water partition coefficient (Wildman–Crippen LogP) is 2.22. The summed E-state index contributed by atoms with van der Waals surface area (Å²) in [5, 5.41) is 11.1. The number of aromatic nitrogens is 2. The molecule has 0 aliphatic carbocycles. The Morgan fingerprint density at radius 1 is 1.12 bits per heavy atom. The molecule has 0 aliphatic rings. The third-order valence-corrected chi connectivity index (χ3v) is 2.15. The summed E-state index contributed by atoms with van der Waals surface area (Å²) in [7, 11) is 0. The lowest BCUT2D eigenvalue weighted by molar-refractivity contribution is 0.628. The second-order valence-electron chi connectivity index (χ2n) is 3.31. The first kappa shape index (κ1) is 11.0. The fraction of sp³-hybridized carbons (Fsp3) is 0.0833. The highest BCUT2D eigenvalue weighted by atomic mass is 19.1. The van der Waals surface area contributed by atoms with Crippen molar-refractivity contribution in [2.75, 3.05) is 11.9 Å². The van der Waals surface area contributed by atoms with Crippen molar-refractivity contribution in [2.24, 2.45) is 0 Å². The van der Waals surface area contributed by atoms with E-state index in [-0.39, 0.29) is 12.4 Å². The minimum Gasteiger partial charge on any atom is -0.341 e. The van der Waals surface area contributed by atoms with Gasteiger partial charge in [0.25, 0.3) is 0 Å². The van der Waals surface area contributed by atoms with E-state index in [1.54, 1.807) is 24.5 Å². The number of halogens is 1. The maximum absolute atomic E-state index is 12.7. The molecule has 0 saturated heterocycles. The molecule has 1 N–H and O–H groups in total. The standard InChI is InChI=1S/C12H9FN4/c13-11-3-1-9(2-4-11)10-7-16-12(17-8-10)15-6-5-14/h1-4,7-8H,6H2,(H,15,16,17). The summed E-state index contributed by atoms with van der Waals surface area (Å²) in [6.07, 6.45) is 3.25. The zero-order chi connectivity index (χ0) is 12.1. The zero-order valence-electron chi connectivity index (χ0n) is 8.89. The summed E-state index contributed by atoms with van der Waals surface area (Å²) in [5.74, 6) is 0.124. The van der Waals surface area contributed by atoms with Crippen molar-refractivity contribution < 1.29 is 4.39 Å². The van der Waals surface area contributed by atoms with Crippen molar-refractivity contribution in [1.82, 2.24) is 9.97 Å². The van der Waals surface area contributed by atoms with Gasteiger partial charge >= 0.3 is 0 Å². The van der Waals surface area contributed by atoms with Gasteiger partial charge < -0.3 is 5.32 Å². The van der Waals surface area contributed by atoms with E-state index < -0.39 is 0 Å². The van der Waals surface area contributed by atoms with E-state index in [9.17, 15) is 4.39 Å². The quantitative estimate of drug-likeness (QED) is 0.818. The smallest absolute Gasteiger partial charge is 0.223 e. The molecule has 84 valence electrons. The summed E-state index contributed by atoms with van der Waals surface area (Å²) < 4.78 is 12.7. The van der Waals surface area contributed by atoms with Gasteiger partial charge in [-0.25, -0.2) is 14.4 Å². The van der Waals surface area contributed by atoms with Crippen LogP contribution in [0.4, 0.5) is 10.3 Å². The Morgan fingerprint density at radius 3 is 2.35 bits per heavy atom. The molecule has 2 rings (SSSR count). The third-order valence-electron chi connectivity index (χ3n) is 2.15. The molecule has 0 fully saturated rings. The highest BCUT2D eigenvalue weighted by Gasteiger charge is 2.00. The summed E-state index contributed by atoms with van der Waals surface area (Å²) >= 11 is 0. The van der Waals surface area contributed by atoms with Crippen LogP contribution in [-0.4, -0.2) is 16.5 Å². The molecule has 0 aliphatic heterocycles. The van der Waals surface area contributed by atoms with E-state index >= 15 is 0 Å². The molecule has 5 heteroatoms. The second-order valence-corrected chi connectivity index (χ2v) is 3.31. The average Bonchev–Trinajstić information content (AvgIpc) is 2.38. The van der Waals surface area contributed by atoms with E-state index in [1.165, 1.54) is 12.1 Å². The normalized spacial score (nSPS) is 9.65. The van der Waals surface area contributed by atoms with Crippen molar-refractivity contribution in [3.8, 4) is 17.2 Å². The molecule has 0 radical (unpaired) electrons. The number of benzene rings is 1. The Kier molecular flexibility index (Phi) is 3.26. The van der Waals surface area contributed by atoms with Gasteiger partial charge in [0.1, 0.15) is 12.4 Å². The minimum absolute atomic E-state index is 0.163. The topological polar surface area (TPSA) is 61.6 Å². The number of nitrogens with zero attached hydrogens (tertiary/aromatic N) is 3. The van der Waals surface area contributed by atoms with Crippen LogP contribution in [0.2, 0.25) is 0 Å². The van der Waals surface area contributed by atoms with E-state index in [2.05, 4.69) is 15.3 Å². The molecule has 0 amide bonds. The van der Waals surface area contributed by atoms with E-state index in [0.717, 1.165) is 11.1 Å². The van der Waals surface area contributed by atoms with Gasteiger partial charge in [0, 0.05) is 18.0 Å². The summed E-state index contributed by atoms with van der Waals surface area (Å²) in [5.41, 5.74) is 1.64. The Labute approximate surface area is 97.8 Å². The molecule has 1 aromatic heterocycles. The molecule has 2 aromatic rings. The molecule has 0 atom stereocenters. The summed E-state index contributed by atoms with van der Waals surface area (Å²) in [6, 6.07) is 8.03. The number of nitrogens with one attached hydrogen (secondary N) is 1. The summed E-state index contributed by atoms with van der Waals surface area (Å²) in [6.45, 7) is 0.163. The van der Waals surface area contributed by atoms with Crippen LogP contribution < -0.4 is 5.32 Å². The molecule has 0 bridgehead atoms. The average molecular weight is 228 g/mol. The van der Waals surface area contributed by atoms with Gasteiger partial charge in [0.05, 0.1) is 6.07 Å². The van der Waals surface area contributed by atoms with Gasteiger partial charge in [-0.15, -0.1) is 0 Å². The highest BCUT2D eigenvalue weighted by Crippen LogP contribution is 2.18. The van der Waals surface area contributed by atoms with E-state index in [1.807, 2.05) is 6.07 Å². The highest BCUT2D eigenvalue weighted by molar-refractivity contribution is 5.61. The molecular formula is C12H9FN4. The number of hydrogen-bond acceptors (Lipinski definition) is 4. The van der Waals surface area contributed by atoms with Crippen LogP contribution in [-0.2, 0) is 0 Å². The van der Waals surface area contributed by atoms with Crippen LogP contribution >= 0.6 is 0 Å². The van der Waals surface area contributed by atoms with Crippen LogP contribution in [0.25, 0.3) is 11.1 Å². The lowest BCUT2D eigenvalue weighted by Gasteiger charge is -2.02. The van der Waals surface area contributed by atoms with Crippen LogP contribution in [0.15, 0.2) is 36.7 Å². The molecule has 4 nitrogen and oxygen atoms in total. The Hall–Kier alpha value is -2.48. The van der Waals surface area contributed by atoms with E-state index in [0.29, 0.717) is 5.95 Å². The van der Waals surface area contributed by atoms with Gasteiger partial charge in [-0.2, -0.15) is 5.26 Å². The van der Waals surface area contributed by atoms with Crippen molar-refractivity contribution in [3.05, 3.63) is 42.5 Å². The van der Waals surface area contributed by atoms with Gasteiger partial charge in [0.15, 0.2) is 0 Å². The van der Waals surface area contributed by atoms with Crippen LogP contribution in [0, 0.1) is 17.1 Å². The lowest BCUT2D eigenvalue weighted by atomic mass is 10.1. The predicted molar refractivity (Wildman–Crippen MR) is 61.5 cm³/mol. The molecular weight excluding hydrogens is 219 g/mol. The number of nitriles is 1. The molecule has 0 unspecified atom stereocenters. The van der Waals surface area contributed by atoms with Crippen LogP contribution in [0.1, 0.15) is 0 Å². The Morgan fingerprint density at radius 2 is 1.76 bits per heavy atom. The molecule has 0 saturated carbocycles. The number of anilines is 1. The molecule has 1 aromatic carbocycles. The first-order valence-electron chi connectivity index (χ1n) is 4.98. The minimum atomic E-state index is -0.276. The zero-order valence-corrected chi connectivity index (χ0v) is 8.89. The fourth-order valence-corrected chi connectivity index (χ4v) is 1.33. The third kappa shape index (κ3) is 2.75. The van der Waals surface area contributed by atoms with Crippen LogP contribution in [0.3, 0.4) is 0 Å². The SMILES string of the molecule is N#CCNc1ncc(-c2ccc(F)cc2)cn1. The van der Waals surface area contributed by atoms with Crippen molar-refractivity contribution in [3.63, 3.8) is 0 Å². The largest absolute Gasteiger partial charge is 0.341 e. The summed E-state index contributed by atoms with van der Waals surface area (Å²) in [4.78, 5) is 8.10. The maximum Gasteiger partial charge on any atom is 0.223 e. The van der Waals surface area contributed by atoms with Crippen LogP contribution in [0.5, 0.6) is 0 Å². The van der Waals surface area contributed by atoms with Gasteiger partial charge in [0.2, 0.25) is 5.95 Å². The van der Waals surface area contributed by atoms with Crippen molar-refractivity contribution >= 4 is 5.95 Å². The second kappa shape index (κ2) is 5.03. The lowest BCUT2D eigenvalue weighted by Crippen LogP contribution is -2.02. The number of hydrogen-bond donors (Lipinski definition) is 1. The monoisotopic (exact) mass is 228 g/mol. The Balaban J connectivity index is 2.18. The molecule has 0 spiro atoms. The fourth-order valence-electron chi connectivity index (χ4n) is 1.33. The maximum atomic E-state index is 12.7. The van der Waals surface area contributed by atoms with Crippen molar-refractivity contribution in [2.45, 2.75) is 0 Å². The van der Waals surface area contributed by atoms with Gasteiger partial charge in [-0.1, -0.05) is 12.1 Å². The van der Waals surface area contributed by atoms with Crippen molar-refractivity contribution in [1.29, 1.82) is 5.26 Å². The Bertz CT molecular complexity index is 528.